The van der Waals surface area contributed by atoms with Crippen LogP contribution in [0.1, 0.15) is 22.8 Å². The van der Waals surface area contributed by atoms with Gasteiger partial charge in [0.2, 0.25) is 5.78 Å². The van der Waals surface area contributed by atoms with Gasteiger partial charge in [0.15, 0.2) is 0 Å². The van der Waals surface area contributed by atoms with Crippen molar-refractivity contribution < 1.29 is 4.79 Å². The van der Waals surface area contributed by atoms with Gasteiger partial charge >= 0.3 is 0 Å². The van der Waals surface area contributed by atoms with Crippen LogP contribution in [0.2, 0.25) is 0 Å². The number of carbonyl (C=O) groups excluding carboxylic acids is 1. The third kappa shape index (κ3) is 1.24. The molecule has 1 aliphatic rings. The van der Waals surface area contributed by atoms with E-state index >= 15 is 0 Å². The SMILES string of the molecule is CNC1=C(C)c2cccc3cccc(c23)C1=O. The summed E-state index contributed by atoms with van der Waals surface area (Å²) in [6.45, 7) is 1.99. The number of allylic oxidation sites excluding steroid dienone is 2. The van der Waals surface area contributed by atoms with Crippen LogP contribution >= 0.6 is 0 Å². The minimum Gasteiger partial charge on any atom is -0.385 e. The fraction of sp³-hybridized carbons (Fsp3) is 0.133. The van der Waals surface area contributed by atoms with Gasteiger partial charge in [-0.3, -0.25) is 4.79 Å². The Kier molecular flexibility index (Phi) is 2.05. The molecule has 2 heteroatoms. The van der Waals surface area contributed by atoms with E-state index in [2.05, 4.69) is 11.4 Å². The van der Waals surface area contributed by atoms with Gasteiger partial charge in [-0.05, 0) is 23.4 Å². The highest BCUT2D eigenvalue weighted by molar-refractivity contribution is 6.24. The largest absolute Gasteiger partial charge is 0.385 e. The van der Waals surface area contributed by atoms with Crippen LogP contribution in [-0.2, 0) is 0 Å². The highest BCUT2D eigenvalue weighted by Gasteiger charge is 2.24. The molecule has 3 rings (SSSR count). The highest BCUT2D eigenvalue weighted by Crippen LogP contribution is 2.34. The quantitative estimate of drug-likeness (QED) is 0.805. The Balaban J connectivity index is 2.50. The van der Waals surface area contributed by atoms with Gasteiger partial charge in [-0.2, -0.15) is 0 Å². The fourth-order valence-corrected chi connectivity index (χ4v) is 2.58. The Morgan fingerprint density at radius 1 is 1.00 bits per heavy atom. The first-order chi connectivity index (χ1) is 8.24. The van der Waals surface area contributed by atoms with Crippen molar-refractivity contribution in [2.75, 3.05) is 7.05 Å². The summed E-state index contributed by atoms with van der Waals surface area (Å²) < 4.78 is 0. The van der Waals surface area contributed by atoms with Crippen LogP contribution in [0.4, 0.5) is 0 Å². The predicted molar refractivity (Wildman–Crippen MR) is 69.9 cm³/mol. The molecule has 0 bridgehead atoms. The van der Waals surface area contributed by atoms with Crippen LogP contribution in [0.15, 0.2) is 42.1 Å². The van der Waals surface area contributed by atoms with Crippen molar-refractivity contribution in [2.45, 2.75) is 6.92 Å². The van der Waals surface area contributed by atoms with Crippen molar-refractivity contribution in [1.29, 1.82) is 0 Å². The van der Waals surface area contributed by atoms with E-state index in [4.69, 9.17) is 0 Å². The first kappa shape index (κ1) is 10.1. The number of benzene rings is 2. The average Bonchev–Trinajstić information content (AvgIpc) is 2.36. The molecule has 17 heavy (non-hydrogen) atoms. The Bertz CT molecular complexity index is 662. The molecule has 2 nitrogen and oxygen atoms in total. The fourth-order valence-electron chi connectivity index (χ4n) is 2.58. The zero-order valence-electron chi connectivity index (χ0n) is 9.87. The molecule has 0 amide bonds. The van der Waals surface area contributed by atoms with Crippen molar-refractivity contribution in [3.63, 3.8) is 0 Å². The Morgan fingerprint density at radius 3 is 2.29 bits per heavy atom. The van der Waals surface area contributed by atoms with E-state index in [0.717, 1.165) is 27.5 Å². The number of likely N-dealkylation sites (N-methyl/N-ethyl adjacent to an activating group) is 1. The van der Waals surface area contributed by atoms with E-state index in [1.54, 1.807) is 7.05 Å². The Morgan fingerprint density at radius 2 is 1.65 bits per heavy atom. The van der Waals surface area contributed by atoms with Crippen LogP contribution in [-0.4, -0.2) is 12.8 Å². The van der Waals surface area contributed by atoms with Gasteiger partial charge in [0.1, 0.15) is 0 Å². The third-order valence-corrected chi connectivity index (χ3v) is 3.41. The first-order valence-corrected chi connectivity index (χ1v) is 5.69. The van der Waals surface area contributed by atoms with E-state index in [1.807, 2.05) is 37.3 Å². The molecule has 0 radical (unpaired) electrons. The van der Waals surface area contributed by atoms with Crippen molar-refractivity contribution >= 4 is 22.1 Å². The summed E-state index contributed by atoms with van der Waals surface area (Å²) in [6.07, 6.45) is 0. The molecular formula is C15H13NO. The summed E-state index contributed by atoms with van der Waals surface area (Å²) in [5.74, 6) is 0.0919. The van der Waals surface area contributed by atoms with Gasteiger partial charge in [0.05, 0.1) is 5.70 Å². The zero-order valence-corrected chi connectivity index (χ0v) is 9.87. The maximum Gasteiger partial charge on any atom is 0.209 e. The normalized spacial score (nSPS) is 14.4. The monoisotopic (exact) mass is 223 g/mol. The molecule has 0 saturated carbocycles. The highest BCUT2D eigenvalue weighted by atomic mass is 16.1. The van der Waals surface area contributed by atoms with E-state index in [0.29, 0.717) is 5.70 Å². The molecular weight excluding hydrogens is 210 g/mol. The molecule has 0 spiro atoms. The second-order valence-corrected chi connectivity index (χ2v) is 4.29. The van der Waals surface area contributed by atoms with Gasteiger partial charge in [-0.1, -0.05) is 36.4 Å². The minimum absolute atomic E-state index is 0.0919. The summed E-state index contributed by atoms with van der Waals surface area (Å²) in [4.78, 5) is 12.3. The summed E-state index contributed by atoms with van der Waals surface area (Å²) in [5, 5.41) is 5.23. The average molecular weight is 223 g/mol. The molecule has 0 unspecified atom stereocenters. The lowest BCUT2D eigenvalue weighted by molar-refractivity contribution is 0.102. The minimum atomic E-state index is 0.0919. The molecule has 0 aliphatic heterocycles. The zero-order chi connectivity index (χ0) is 12.0. The Labute approximate surface area is 100.0 Å². The molecule has 0 heterocycles. The molecule has 2 aromatic carbocycles. The molecule has 1 N–H and O–H groups in total. The molecule has 0 aromatic heterocycles. The second kappa shape index (κ2) is 3.45. The molecule has 2 aromatic rings. The van der Waals surface area contributed by atoms with Gasteiger partial charge in [0.25, 0.3) is 0 Å². The lowest BCUT2D eigenvalue weighted by Crippen LogP contribution is -2.21. The van der Waals surface area contributed by atoms with Crippen molar-refractivity contribution in [3.05, 3.63) is 53.2 Å². The summed E-state index contributed by atoms with van der Waals surface area (Å²) in [6, 6.07) is 12.0. The van der Waals surface area contributed by atoms with Gasteiger partial charge in [-0.25, -0.2) is 0 Å². The molecule has 0 atom stereocenters. The number of hydrogen-bond donors (Lipinski definition) is 1. The number of hydrogen-bond acceptors (Lipinski definition) is 2. The summed E-state index contributed by atoms with van der Waals surface area (Å²) >= 11 is 0. The molecule has 0 saturated heterocycles. The van der Waals surface area contributed by atoms with Gasteiger partial charge in [0, 0.05) is 18.0 Å². The predicted octanol–water partition coefficient (Wildman–Crippen LogP) is 2.99. The maximum atomic E-state index is 12.3. The van der Waals surface area contributed by atoms with Crippen LogP contribution in [0.3, 0.4) is 0 Å². The van der Waals surface area contributed by atoms with Crippen molar-refractivity contribution in [3.8, 4) is 0 Å². The van der Waals surface area contributed by atoms with Crippen molar-refractivity contribution in [1.82, 2.24) is 5.32 Å². The smallest absolute Gasteiger partial charge is 0.209 e. The topological polar surface area (TPSA) is 29.1 Å². The first-order valence-electron chi connectivity index (χ1n) is 5.69. The third-order valence-electron chi connectivity index (χ3n) is 3.41. The van der Waals surface area contributed by atoms with Crippen LogP contribution in [0.25, 0.3) is 16.3 Å². The van der Waals surface area contributed by atoms with Gasteiger partial charge < -0.3 is 5.32 Å². The van der Waals surface area contributed by atoms with E-state index in [9.17, 15) is 4.79 Å². The number of carbonyl (C=O) groups is 1. The molecule has 84 valence electrons. The van der Waals surface area contributed by atoms with Crippen LogP contribution in [0.5, 0.6) is 0 Å². The number of ketones is 1. The van der Waals surface area contributed by atoms with Crippen LogP contribution < -0.4 is 5.32 Å². The summed E-state index contributed by atoms with van der Waals surface area (Å²) in [7, 11) is 1.80. The van der Waals surface area contributed by atoms with Crippen LogP contribution in [0, 0.1) is 0 Å². The van der Waals surface area contributed by atoms with E-state index in [1.165, 1.54) is 0 Å². The second-order valence-electron chi connectivity index (χ2n) is 4.29. The summed E-state index contributed by atoms with van der Waals surface area (Å²) in [5.41, 5.74) is 3.69. The number of Topliss-reactive ketones (excluding diaryl/α,β-unsaturated/α-hetero) is 1. The lowest BCUT2D eigenvalue weighted by Gasteiger charge is -2.20. The van der Waals surface area contributed by atoms with E-state index in [-0.39, 0.29) is 5.78 Å². The number of nitrogens with one attached hydrogen (secondary N) is 1. The number of rotatable bonds is 1. The van der Waals surface area contributed by atoms with E-state index < -0.39 is 0 Å². The molecule has 0 fully saturated rings. The molecule has 1 aliphatic carbocycles. The maximum absolute atomic E-state index is 12.3. The standard InChI is InChI=1S/C15H13NO/c1-9-11-7-3-5-10-6-4-8-12(13(10)11)15(17)14(9)16-2/h3-8,16H,1-2H3. The lowest BCUT2D eigenvalue weighted by atomic mass is 9.86. The van der Waals surface area contributed by atoms with Crippen molar-refractivity contribution in [2.24, 2.45) is 0 Å². The van der Waals surface area contributed by atoms with Gasteiger partial charge in [-0.15, -0.1) is 0 Å². The Hall–Kier alpha value is -2.09.